The summed E-state index contributed by atoms with van der Waals surface area (Å²) in [6, 6.07) is 0.629. The first kappa shape index (κ1) is 13.3. The van der Waals surface area contributed by atoms with Crippen molar-refractivity contribution in [2.75, 3.05) is 25.0 Å². The molecule has 0 atom stereocenters. The van der Waals surface area contributed by atoms with E-state index >= 15 is 0 Å². The predicted molar refractivity (Wildman–Crippen MR) is 70.6 cm³/mol. The van der Waals surface area contributed by atoms with Crippen molar-refractivity contribution in [1.82, 2.24) is 20.5 Å². The SMILES string of the molecule is CNC1CCN(c2n[nH]c(COC(C)C)n2)CC1. The van der Waals surface area contributed by atoms with Gasteiger partial charge in [0, 0.05) is 19.1 Å². The van der Waals surface area contributed by atoms with Crippen molar-refractivity contribution in [2.24, 2.45) is 0 Å². The van der Waals surface area contributed by atoms with Crippen molar-refractivity contribution in [3.05, 3.63) is 5.82 Å². The predicted octanol–water partition coefficient (Wildman–Crippen LogP) is 0.918. The standard InChI is InChI=1S/C12H23N5O/c1-9(2)18-8-11-14-12(16-15-11)17-6-4-10(13-3)5-7-17/h9-10,13H,4-8H2,1-3H3,(H,14,15,16). The van der Waals surface area contributed by atoms with Crippen LogP contribution in [0.1, 0.15) is 32.5 Å². The highest BCUT2D eigenvalue weighted by Gasteiger charge is 2.20. The summed E-state index contributed by atoms with van der Waals surface area (Å²) in [4.78, 5) is 6.70. The van der Waals surface area contributed by atoms with Crippen LogP contribution in [0.15, 0.2) is 0 Å². The normalized spacial score (nSPS) is 17.7. The number of aromatic amines is 1. The molecular formula is C12H23N5O. The Kier molecular flexibility index (Phi) is 4.54. The van der Waals surface area contributed by atoms with E-state index in [9.17, 15) is 0 Å². The van der Waals surface area contributed by atoms with Gasteiger partial charge in [0.25, 0.3) is 0 Å². The first-order valence-electron chi connectivity index (χ1n) is 6.64. The summed E-state index contributed by atoms with van der Waals surface area (Å²) < 4.78 is 5.50. The zero-order valence-corrected chi connectivity index (χ0v) is 11.4. The van der Waals surface area contributed by atoms with Crippen LogP contribution in [0.25, 0.3) is 0 Å². The summed E-state index contributed by atoms with van der Waals surface area (Å²) in [6.07, 6.45) is 2.50. The monoisotopic (exact) mass is 253 g/mol. The number of hydrogen-bond acceptors (Lipinski definition) is 5. The van der Waals surface area contributed by atoms with Crippen molar-refractivity contribution in [3.63, 3.8) is 0 Å². The molecule has 18 heavy (non-hydrogen) atoms. The molecule has 6 heteroatoms. The number of rotatable bonds is 5. The van der Waals surface area contributed by atoms with Crippen LogP contribution in [0.3, 0.4) is 0 Å². The molecule has 0 aromatic carbocycles. The fourth-order valence-electron chi connectivity index (χ4n) is 2.10. The van der Waals surface area contributed by atoms with Gasteiger partial charge >= 0.3 is 0 Å². The number of ether oxygens (including phenoxy) is 1. The smallest absolute Gasteiger partial charge is 0.244 e. The van der Waals surface area contributed by atoms with E-state index in [0.29, 0.717) is 12.6 Å². The highest BCUT2D eigenvalue weighted by atomic mass is 16.5. The van der Waals surface area contributed by atoms with Gasteiger partial charge in [0.1, 0.15) is 6.61 Å². The number of anilines is 1. The van der Waals surface area contributed by atoms with E-state index in [1.807, 2.05) is 20.9 Å². The van der Waals surface area contributed by atoms with Gasteiger partial charge in [0.05, 0.1) is 6.10 Å². The molecule has 1 aliphatic heterocycles. The van der Waals surface area contributed by atoms with Crippen LogP contribution in [0.4, 0.5) is 5.95 Å². The lowest BCUT2D eigenvalue weighted by molar-refractivity contribution is 0.0615. The fourth-order valence-corrected chi connectivity index (χ4v) is 2.10. The Hall–Kier alpha value is -1.14. The van der Waals surface area contributed by atoms with Gasteiger partial charge < -0.3 is 15.0 Å². The van der Waals surface area contributed by atoms with Crippen molar-refractivity contribution in [3.8, 4) is 0 Å². The summed E-state index contributed by atoms with van der Waals surface area (Å²) in [5.41, 5.74) is 0. The Labute approximate surface area is 108 Å². The topological polar surface area (TPSA) is 66.1 Å². The number of nitrogens with one attached hydrogen (secondary N) is 2. The van der Waals surface area contributed by atoms with Crippen LogP contribution < -0.4 is 10.2 Å². The van der Waals surface area contributed by atoms with Gasteiger partial charge in [-0.15, -0.1) is 5.10 Å². The third-order valence-corrected chi connectivity index (χ3v) is 3.26. The summed E-state index contributed by atoms with van der Waals surface area (Å²) in [5.74, 6) is 1.60. The third-order valence-electron chi connectivity index (χ3n) is 3.26. The summed E-state index contributed by atoms with van der Waals surface area (Å²) >= 11 is 0. The fraction of sp³-hybridized carbons (Fsp3) is 0.833. The summed E-state index contributed by atoms with van der Waals surface area (Å²) in [7, 11) is 2.02. The van der Waals surface area contributed by atoms with Gasteiger partial charge in [-0.1, -0.05) is 0 Å². The number of aromatic nitrogens is 3. The van der Waals surface area contributed by atoms with Crippen LogP contribution in [0.2, 0.25) is 0 Å². The maximum atomic E-state index is 5.50. The van der Waals surface area contributed by atoms with E-state index in [2.05, 4.69) is 25.4 Å². The molecule has 2 heterocycles. The Morgan fingerprint density at radius 2 is 2.17 bits per heavy atom. The number of nitrogens with zero attached hydrogens (tertiary/aromatic N) is 3. The number of H-pyrrole nitrogens is 1. The molecular weight excluding hydrogens is 230 g/mol. The number of hydrogen-bond donors (Lipinski definition) is 2. The van der Waals surface area contributed by atoms with Crippen molar-refractivity contribution >= 4 is 5.95 Å². The second-order valence-electron chi connectivity index (χ2n) is 4.99. The molecule has 1 fully saturated rings. The average Bonchev–Trinajstić information content (AvgIpc) is 2.85. The van der Waals surface area contributed by atoms with Gasteiger partial charge in [-0.25, -0.2) is 0 Å². The summed E-state index contributed by atoms with van der Waals surface area (Å²) in [5, 5.41) is 10.5. The van der Waals surface area contributed by atoms with Crippen molar-refractivity contribution < 1.29 is 4.74 Å². The minimum atomic E-state index is 0.213. The molecule has 6 nitrogen and oxygen atoms in total. The Morgan fingerprint density at radius 1 is 1.44 bits per heavy atom. The molecule has 1 aromatic heterocycles. The lowest BCUT2D eigenvalue weighted by Crippen LogP contribution is -2.41. The molecule has 1 aromatic rings. The van der Waals surface area contributed by atoms with E-state index in [4.69, 9.17) is 4.74 Å². The van der Waals surface area contributed by atoms with Gasteiger partial charge in [-0.05, 0) is 33.7 Å². The molecule has 1 aliphatic rings. The van der Waals surface area contributed by atoms with Gasteiger partial charge in [0.2, 0.25) is 5.95 Å². The van der Waals surface area contributed by atoms with E-state index in [1.54, 1.807) is 0 Å². The van der Waals surface area contributed by atoms with E-state index in [-0.39, 0.29) is 6.10 Å². The van der Waals surface area contributed by atoms with Crippen molar-refractivity contribution in [1.29, 1.82) is 0 Å². The van der Waals surface area contributed by atoms with Gasteiger partial charge in [-0.2, -0.15) is 4.98 Å². The molecule has 0 aliphatic carbocycles. The first-order valence-corrected chi connectivity index (χ1v) is 6.64. The van der Waals surface area contributed by atoms with E-state index < -0.39 is 0 Å². The maximum Gasteiger partial charge on any atom is 0.244 e. The third kappa shape index (κ3) is 3.43. The van der Waals surface area contributed by atoms with Crippen LogP contribution in [-0.4, -0.2) is 47.5 Å². The molecule has 0 amide bonds. The highest BCUT2D eigenvalue weighted by Crippen LogP contribution is 2.15. The van der Waals surface area contributed by atoms with E-state index in [0.717, 1.165) is 37.7 Å². The first-order chi connectivity index (χ1) is 8.69. The minimum Gasteiger partial charge on any atom is -0.371 e. The molecule has 2 rings (SSSR count). The highest BCUT2D eigenvalue weighted by molar-refractivity contribution is 5.29. The summed E-state index contributed by atoms with van der Waals surface area (Å²) in [6.45, 7) is 6.54. The Morgan fingerprint density at radius 3 is 2.78 bits per heavy atom. The minimum absolute atomic E-state index is 0.213. The molecule has 0 spiro atoms. The maximum absolute atomic E-state index is 5.50. The van der Waals surface area contributed by atoms with Gasteiger partial charge in [0.15, 0.2) is 5.82 Å². The quantitative estimate of drug-likeness (QED) is 0.817. The van der Waals surface area contributed by atoms with E-state index in [1.165, 1.54) is 0 Å². The van der Waals surface area contributed by atoms with Crippen molar-refractivity contribution in [2.45, 2.75) is 45.4 Å². The number of piperidine rings is 1. The van der Waals surface area contributed by atoms with Crippen LogP contribution in [0.5, 0.6) is 0 Å². The van der Waals surface area contributed by atoms with Crippen LogP contribution >= 0.6 is 0 Å². The lowest BCUT2D eigenvalue weighted by Gasteiger charge is -2.30. The van der Waals surface area contributed by atoms with Gasteiger partial charge in [-0.3, -0.25) is 5.10 Å². The zero-order valence-electron chi connectivity index (χ0n) is 11.4. The average molecular weight is 253 g/mol. The molecule has 2 N–H and O–H groups in total. The molecule has 0 saturated carbocycles. The molecule has 102 valence electrons. The largest absolute Gasteiger partial charge is 0.371 e. The molecule has 1 saturated heterocycles. The molecule has 0 radical (unpaired) electrons. The lowest BCUT2D eigenvalue weighted by atomic mass is 10.1. The van der Waals surface area contributed by atoms with Crippen LogP contribution in [0, 0.1) is 0 Å². The molecule has 0 bridgehead atoms. The van der Waals surface area contributed by atoms with Crippen LogP contribution in [-0.2, 0) is 11.3 Å². The second kappa shape index (κ2) is 6.15. The Bertz CT molecular complexity index is 357. The Balaban J connectivity index is 1.86. The second-order valence-corrected chi connectivity index (χ2v) is 4.99. The molecule has 0 unspecified atom stereocenters. The zero-order chi connectivity index (χ0) is 13.0.